The van der Waals surface area contributed by atoms with Crippen LogP contribution >= 0.6 is 0 Å². The normalized spacial score (nSPS) is 21.2. The van der Waals surface area contributed by atoms with E-state index in [1.54, 1.807) is 0 Å². The molecule has 2 fully saturated rings. The van der Waals surface area contributed by atoms with E-state index < -0.39 is 11.6 Å². The minimum absolute atomic E-state index is 0.0394. The summed E-state index contributed by atoms with van der Waals surface area (Å²) in [5, 5.41) is 4.62. The van der Waals surface area contributed by atoms with Crippen LogP contribution in [0.2, 0.25) is 0 Å². The lowest BCUT2D eigenvalue weighted by molar-refractivity contribution is -0.0394. The summed E-state index contributed by atoms with van der Waals surface area (Å²) in [6.45, 7) is 3.89. The van der Waals surface area contributed by atoms with Gasteiger partial charge in [-0.2, -0.15) is 5.10 Å². The van der Waals surface area contributed by atoms with E-state index in [0.717, 1.165) is 79.9 Å². The zero-order chi connectivity index (χ0) is 25.4. The van der Waals surface area contributed by atoms with Gasteiger partial charge < -0.3 is 19.3 Å². The van der Waals surface area contributed by atoms with Crippen LogP contribution in [0.15, 0.2) is 30.6 Å². The van der Waals surface area contributed by atoms with Crippen molar-refractivity contribution in [3.63, 3.8) is 0 Å². The number of fused-ring (bicyclic) bond motifs is 1. The van der Waals surface area contributed by atoms with Crippen LogP contribution in [0.3, 0.4) is 0 Å². The van der Waals surface area contributed by atoms with Gasteiger partial charge in [0, 0.05) is 69.9 Å². The Morgan fingerprint density at radius 2 is 1.89 bits per heavy atom. The van der Waals surface area contributed by atoms with Gasteiger partial charge in [0.2, 0.25) is 0 Å². The first-order valence-electron chi connectivity index (χ1n) is 13.1. The summed E-state index contributed by atoms with van der Waals surface area (Å²) in [6, 6.07) is 3.43. The van der Waals surface area contributed by atoms with Crippen LogP contribution < -0.4 is 9.64 Å². The van der Waals surface area contributed by atoms with Crippen molar-refractivity contribution in [2.24, 2.45) is 0 Å². The number of aromatic nitrogens is 4. The lowest BCUT2D eigenvalue weighted by Crippen LogP contribution is -2.39. The standard InChI is InChI=1S/C27H32F2N6O2/c1-33-10-9-22-23(17-33)31-26(18-15-30-35(16-18)25-4-2-3-13-36-25)27(32-22)34-11-7-20(8-12-34)37-24-6-5-19(28)14-21(24)29/h5-6,14-16,20,25H,2-4,7-13,17H2,1H3. The quantitative estimate of drug-likeness (QED) is 0.506. The lowest BCUT2D eigenvalue weighted by Gasteiger charge is -2.34. The van der Waals surface area contributed by atoms with Crippen molar-refractivity contribution in [3.05, 3.63) is 53.6 Å². The van der Waals surface area contributed by atoms with E-state index in [2.05, 4.69) is 21.9 Å². The number of hydrogen-bond acceptors (Lipinski definition) is 7. The lowest BCUT2D eigenvalue weighted by atomic mass is 10.1. The van der Waals surface area contributed by atoms with Crippen molar-refractivity contribution in [3.8, 4) is 17.0 Å². The van der Waals surface area contributed by atoms with Crippen molar-refractivity contribution in [2.75, 3.05) is 38.2 Å². The van der Waals surface area contributed by atoms with Gasteiger partial charge in [-0.1, -0.05) is 0 Å². The molecule has 3 aliphatic rings. The van der Waals surface area contributed by atoms with Crippen LogP contribution in [0.25, 0.3) is 11.3 Å². The van der Waals surface area contributed by atoms with Gasteiger partial charge in [0.1, 0.15) is 23.8 Å². The molecule has 2 aromatic heterocycles. The second-order valence-corrected chi connectivity index (χ2v) is 10.2. The number of hydrogen-bond donors (Lipinski definition) is 0. The third-order valence-electron chi connectivity index (χ3n) is 7.44. The number of rotatable bonds is 5. The van der Waals surface area contributed by atoms with E-state index in [0.29, 0.717) is 25.9 Å². The Kier molecular flexibility index (Phi) is 6.77. The molecule has 1 aromatic carbocycles. The summed E-state index contributed by atoms with van der Waals surface area (Å²) in [5.41, 5.74) is 3.82. The fourth-order valence-electron chi connectivity index (χ4n) is 5.35. The Hall–Kier alpha value is -3.11. The zero-order valence-electron chi connectivity index (χ0n) is 21.1. The molecule has 2 saturated heterocycles. The smallest absolute Gasteiger partial charge is 0.167 e. The van der Waals surface area contributed by atoms with E-state index >= 15 is 0 Å². The SMILES string of the molecule is CN1CCc2nc(N3CCC(Oc4ccc(F)cc4F)CC3)c(-c3cnn(C4CCCCO4)c3)nc2C1. The van der Waals surface area contributed by atoms with Gasteiger partial charge in [-0.3, -0.25) is 0 Å². The number of benzene rings is 1. The molecule has 3 aliphatic heterocycles. The van der Waals surface area contributed by atoms with Crippen LogP contribution in [-0.2, 0) is 17.7 Å². The van der Waals surface area contributed by atoms with Gasteiger partial charge >= 0.3 is 0 Å². The molecule has 0 amide bonds. The van der Waals surface area contributed by atoms with E-state index in [-0.39, 0.29) is 18.1 Å². The van der Waals surface area contributed by atoms with Crippen molar-refractivity contribution in [2.45, 2.75) is 57.4 Å². The second kappa shape index (κ2) is 10.3. The Balaban J connectivity index is 1.24. The zero-order valence-corrected chi connectivity index (χ0v) is 21.1. The van der Waals surface area contributed by atoms with Gasteiger partial charge in [0.25, 0.3) is 0 Å². The molecule has 0 radical (unpaired) electrons. The molecule has 1 unspecified atom stereocenters. The predicted molar refractivity (Wildman–Crippen MR) is 134 cm³/mol. The molecular formula is C27H32F2N6O2. The maximum absolute atomic E-state index is 14.1. The monoisotopic (exact) mass is 510 g/mol. The Morgan fingerprint density at radius 1 is 1.03 bits per heavy atom. The average molecular weight is 511 g/mol. The molecular weight excluding hydrogens is 478 g/mol. The third kappa shape index (κ3) is 5.17. The maximum Gasteiger partial charge on any atom is 0.167 e. The van der Waals surface area contributed by atoms with E-state index in [1.165, 1.54) is 12.1 Å². The maximum atomic E-state index is 14.1. The molecule has 6 rings (SSSR count). The molecule has 5 heterocycles. The Labute approximate surface area is 215 Å². The van der Waals surface area contributed by atoms with Crippen molar-refractivity contribution in [1.29, 1.82) is 0 Å². The van der Waals surface area contributed by atoms with Crippen LogP contribution in [0.1, 0.15) is 49.7 Å². The number of halogens is 2. The van der Waals surface area contributed by atoms with E-state index in [1.807, 2.05) is 17.1 Å². The fourth-order valence-corrected chi connectivity index (χ4v) is 5.35. The summed E-state index contributed by atoms with van der Waals surface area (Å²) in [5.74, 6) is -0.327. The molecule has 1 atom stereocenters. The number of anilines is 1. The summed E-state index contributed by atoms with van der Waals surface area (Å²) in [7, 11) is 2.10. The highest BCUT2D eigenvalue weighted by molar-refractivity contribution is 5.72. The molecule has 8 nitrogen and oxygen atoms in total. The van der Waals surface area contributed by atoms with Crippen molar-refractivity contribution >= 4 is 5.82 Å². The van der Waals surface area contributed by atoms with Gasteiger partial charge in [0.15, 0.2) is 17.4 Å². The Morgan fingerprint density at radius 3 is 2.68 bits per heavy atom. The summed E-state index contributed by atoms with van der Waals surface area (Å²) in [6.07, 6.45) is 9.14. The fraction of sp³-hybridized carbons (Fsp3) is 0.519. The average Bonchev–Trinajstić information content (AvgIpc) is 3.41. The summed E-state index contributed by atoms with van der Waals surface area (Å²) in [4.78, 5) is 14.8. The minimum atomic E-state index is -0.672. The molecule has 37 heavy (non-hydrogen) atoms. The van der Waals surface area contributed by atoms with Crippen molar-refractivity contribution in [1.82, 2.24) is 24.6 Å². The van der Waals surface area contributed by atoms with E-state index in [4.69, 9.17) is 19.4 Å². The van der Waals surface area contributed by atoms with Crippen LogP contribution in [-0.4, -0.2) is 64.0 Å². The first-order valence-corrected chi connectivity index (χ1v) is 13.1. The first kappa shape index (κ1) is 24.2. The largest absolute Gasteiger partial charge is 0.487 e. The molecule has 0 N–H and O–H groups in total. The minimum Gasteiger partial charge on any atom is -0.487 e. The second-order valence-electron chi connectivity index (χ2n) is 10.2. The summed E-state index contributed by atoms with van der Waals surface area (Å²) >= 11 is 0. The van der Waals surface area contributed by atoms with Crippen molar-refractivity contribution < 1.29 is 18.3 Å². The molecule has 0 bridgehead atoms. The highest BCUT2D eigenvalue weighted by atomic mass is 19.1. The Bertz CT molecular complexity index is 1250. The van der Waals surface area contributed by atoms with Gasteiger partial charge in [-0.15, -0.1) is 0 Å². The molecule has 0 spiro atoms. The molecule has 0 aliphatic carbocycles. The number of nitrogens with zero attached hydrogens (tertiary/aromatic N) is 6. The van der Waals surface area contributed by atoms with Crippen LogP contribution in [0.5, 0.6) is 5.75 Å². The van der Waals surface area contributed by atoms with E-state index in [9.17, 15) is 8.78 Å². The topological polar surface area (TPSA) is 68.5 Å². The molecule has 3 aromatic rings. The predicted octanol–water partition coefficient (Wildman–Crippen LogP) is 4.35. The molecule has 0 saturated carbocycles. The third-order valence-corrected chi connectivity index (χ3v) is 7.44. The highest BCUT2D eigenvalue weighted by Crippen LogP contribution is 2.34. The number of ether oxygens (including phenoxy) is 2. The highest BCUT2D eigenvalue weighted by Gasteiger charge is 2.28. The molecule has 196 valence electrons. The first-order chi connectivity index (χ1) is 18.0. The van der Waals surface area contributed by atoms with Gasteiger partial charge in [-0.25, -0.2) is 23.4 Å². The summed E-state index contributed by atoms with van der Waals surface area (Å²) < 4.78 is 41.1. The molecule has 10 heteroatoms. The van der Waals surface area contributed by atoms with Crippen LogP contribution in [0.4, 0.5) is 14.6 Å². The van der Waals surface area contributed by atoms with Gasteiger partial charge in [0.05, 0.1) is 17.6 Å². The number of likely N-dealkylation sites (N-methyl/N-ethyl adjacent to an activating group) is 1. The van der Waals surface area contributed by atoms with Crippen LogP contribution in [0, 0.1) is 11.6 Å². The van der Waals surface area contributed by atoms with Gasteiger partial charge in [-0.05, 0) is 38.4 Å². The number of piperidine rings is 1.